The van der Waals surface area contributed by atoms with E-state index in [1.54, 1.807) is 12.1 Å². The standard InChI is InChI=1S/C18H19Cl2NO/c1-12(14-6-4-3-5-7-14)10-18(22)21-13(2)16-9-8-15(19)11-17(16)20/h3-9,11-13H,10H2,1-2H3,(H,21,22)/t12-,13-/m0/s1. The normalized spacial score (nSPS) is 13.5. The third kappa shape index (κ3) is 4.49. The van der Waals surface area contributed by atoms with Crippen LogP contribution in [0.1, 0.15) is 43.4 Å². The monoisotopic (exact) mass is 335 g/mol. The van der Waals surface area contributed by atoms with Crippen LogP contribution < -0.4 is 5.32 Å². The summed E-state index contributed by atoms with van der Waals surface area (Å²) in [5.41, 5.74) is 2.03. The highest BCUT2D eigenvalue weighted by Gasteiger charge is 2.16. The second kappa shape index (κ2) is 7.66. The molecule has 0 saturated carbocycles. The molecule has 2 nitrogen and oxygen atoms in total. The SMILES string of the molecule is C[C@H](NC(=O)C[C@H](C)c1ccccc1)c1ccc(Cl)cc1Cl. The minimum Gasteiger partial charge on any atom is -0.350 e. The first-order valence-electron chi connectivity index (χ1n) is 7.26. The van der Waals surface area contributed by atoms with Crippen LogP contribution in [0.15, 0.2) is 48.5 Å². The van der Waals surface area contributed by atoms with Crippen LogP contribution in [-0.2, 0) is 4.79 Å². The first kappa shape index (κ1) is 16.9. The lowest BCUT2D eigenvalue weighted by Crippen LogP contribution is -2.27. The first-order valence-corrected chi connectivity index (χ1v) is 8.02. The number of carbonyl (C=O) groups excluding carboxylic acids is 1. The Morgan fingerprint density at radius 1 is 1.09 bits per heavy atom. The van der Waals surface area contributed by atoms with Crippen molar-refractivity contribution in [1.82, 2.24) is 5.32 Å². The highest BCUT2D eigenvalue weighted by atomic mass is 35.5. The van der Waals surface area contributed by atoms with Crippen LogP contribution in [0.2, 0.25) is 10.0 Å². The molecule has 0 aliphatic heterocycles. The van der Waals surface area contributed by atoms with Crippen LogP contribution in [0.5, 0.6) is 0 Å². The Morgan fingerprint density at radius 3 is 2.41 bits per heavy atom. The summed E-state index contributed by atoms with van der Waals surface area (Å²) in [7, 11) is 0. The van der Waals surface area contributed by atoms with Crippen molar-refractivity contribution >= 4 is 29.1 Å². The van der Waals surface area contributed by atoms with E-state index in [0.29, 0.717) is 16.5 Å². The van der Waals surface area contributed by atoms with E-state index in [4.69, 9.17) is 23.2 Å². The zero-order valence-electron chi connectivity index (χ0n) is 12.6. The predicted octanol–water partition coefficient (Wildman–Crippen LogP) is 5.36. The molecule has 0 spiro atoms. The van der Waals surface area contributed by atoms with Crippen LogP contribution in [0, 0.1) is 0 Å². The van der Waals surface area contributed by atoms with Gasteiger partial charge in [-0.1, -0.05) is 66.5 Å². The molecule has 0 aliphatic carbocycles. The van der Waals surface area contributed by atoms with E-state index in [9.17, 15) is 4.79 Å². The maximum absolute atomic E-state index is 12.2. The van der Waals surface area contributed by atoms with Gasteiger partial charge in [0.05, 0.1) is 6.04 Å². The van der Waals surface area contributed by atoms with E-state index >= 15 is 0 Å². The molecule has 1 N–H and O–H groups in total. The van der Waals surface area contributed by atoms with Crippen LogP contribution in [0.25, 0.3) is 0 Å². The van der Waals surface area contributed by atoms with Crippen molar-refractivity contribution in [3.05, 3.63) is 69.7 Å². The number of hydrogen-bond acceptors (Lipinski definition) is 1. The van der Waals surface area contributed by atoms with Crippen molar-refractivity contribution in [2.24, 2.45) is 0 Å². The van der Waals surface area contributed by atoms with Crippen molar-refractivity contribution in [1.29, 1.82) is 0 Å². The summed E-state index contributed by atoms with van der Waals surface area (Å²) in [6.45, 7) is 3.97. The highest BCUT2D eigenvalue weighted by molar-refractivity contribution is 6.35. The van der Waals surface area contributed by atoms with Gasteiger partial charge in [0.25, 0.3) is 0 Å². The van der Waals surface area contributed by atoms with E-state index in [1.165, 1.54) is 0 Å². The van der Waals surface area contributed by atoms with Crippen molar-refractivity contribution in [3.63, 3.8) is 0 Å². The first-order chi connectivity index (χ1) is 10.5. The summed E-state index contributed by atoms with van der Waals surface area (Å²) in [6.07, 6.45) is 0.444. The second-order valence-corrected chi connectivity index (χ2v) is 6.31. The number of hydrogen-bond donors (Lipinski definition) is 1. The van der Waals surface area contributed by atoms with Crippen LogP contribution in [-0.4, -0.2) is 5.91 Å². The summed E-state index contributed by atoms with van der Waals surface area (Å²) < 4.78 is 0. The molecule has 0 heterocycles. The largest absolute Gasteiger partial charge is 0.350 e. The molecule has 116 valence electrons. The van der Waals surface area contributed by atoms with Gasteiger partial charge in [-0.05, 0) is 36.1 Å². The van der Waals surface area contributed by atoms with Crippen LogP contribution in [0.3, 0.4) is 0 Å². The van der Waals surface area contributed by atoms with Gasteiger partial charge < -0.3 is 5.32 Å². The number of carbonyl (C=O) groups is 1. The minimum absolute atomic E-state index is 0.00914. The molecule has 2 atom stereocenters. The molecule has 0 aromatic heterocycles. The molecular formula is C18H19Cl2NO. The zero-order valence-corrected chi connectivity index (χ0v) is 14.2. The average molecular weight is 336 g/mol. The topological polar surface area (TPSA) is 29.1 Å². The second-order valence-electron chi connectivity index (χ2n) is 5.47. The fraction of sp³-hybridized carbons (Fsp3) is 0.278. The molecule has 0 aliphatic rings. The molecule has 1 amide bonds. The molecule has 0 bridgehead atoms. The Labute approximate surface area is 141 Å². The summed E-state index contributed by atoms with van der Waals surface area (Å²) in [5.74, 6) is 0.184. The number of amides is 1. The quantitative estimate of drug-likeness (QED) is 0.782. The predicted molar refractivity (Wildman–Crippen MR) is 92.5 cm³/mol. The average Bonchev–Trinajstić information content (AvgIpc) is 2.47. The molecule has 0 saturated heterocycles. The number of halogens is 2. The lowest BCUT2D eigenvalue weighted by Gasteiger charge is -2.18. The Kier molecular flexibility index (Phi) is 5.87. The van der Waals surface area contributed by atoms with E-state index in [-0.39, 0.29) is 17.9 Å². The zero-order chi connectivity index (χ0) is 16.1. The summed E-state index contributed by atoms with van der Waals surface area (Å²) in [6, 6.07) is 15.2. The van der Waals surface area contributed by atoms with Crippen LogP contribution in [0.4, 0.5) is 0 Å². The van der Waals surface area contributed by atoms with Gasteiger partial charge in [0, 0.05) is 16.5 Å². The van der Waals surface area contributed by atoms with Crippen LogP contribution >= 0.6 is 23.2 Å². The molecule has 22 heavy (non-hydrogen) atoms. The number of benzene rings is 2. The molecule has 0 unspecified atom stereocenters. The summed E-state index contributed by atoms with van der Waals surface area (Å²) in [4.78, 5) is 12.2. The Bertz CT molecular complexity index is 643. The van der Waals surface area contributed by atoms with Gasteiger partial charge in [-0.25, -0.2) is 0 Å². The Balaban J connectivity index is 1.96. The van der Waals surface area contributed by atoms with E-state index in [2.05, 4.69) is 12.2 Å². The van der Waals surface area contributed by atoms with E-state index < -0.39 is 0 Å². The van der Waals surface area contributed by atoms with Gasteiger partial charge in [-0.15, -0.1) is 0 Å². The van der Waals surface area contributed by atoms with Crippen molar-refractivity contribution in [3.8, 4) is 0 Å². The Hall–Kier alpha value is -1.51. The molecule has 4 heteroatoms. The number of rotatable bonds is 5. The molecule has 2 aromatic rings. The fourth-order valence-corrected chi connectivity index (χ4v) is 2.98. The van der Waals surface area contributed by atoms with Gasteiger partial charge in [-0.3, -0.25) is 4.79 Å². The Morgan fingerprint density at radius 2 is 1.77 bits per heavy atom. The lowest BCUT2D eigenvalue weighted by atomic mass is 9.97. The maximum atomic E-state index is 12.2. The van der Waals surface area contributed by atoms with Gasteiger partial charge >= 0.3 is 0 Å². The minimum atomic E-state index is -0.153. The summed E-state index contributed by atoms with van der Waals surface area (Å²) in [5, 5.41) is 4.14. The lowest BCUT2D eigenvalue weighted by molar-refractivity contribution is -0.122. The third-order valence-electron chi connectivity index (χ3n) is 3.67. The van der Waals surface area contributed by atoms with Gasteiger partial charge in [0.15, 0.2) is 0 Å². The molecule has 2 rings (SSSR count). The molecule has 0 radical (unpaired) electrons. The van der Waals surface area contributed by atoms with E-state index in [1.807, 2.05) is 43.3 Å². The number of nitrogens with one attached hydrogen (secondary N) is 1. The fourth-order valence-electron chi connectivity index (χ4n) is 2.41. The smallest absolute Gasteiger partial charge is 0.221 e. The third-order valence-corrected chi connectivity index (χ3v) is 4.23. The van der Waals surface area contributed by atoms with Crippen molar-refractivity contribution in [2.75, 3.05) is 0 Å². The highest BCUT2D eigenvalue weighted by Crippen LogP contribution is 2.26. The van der Waals surface area contributed by atoms with Gasteiger partial charge in [0.2, 0.25) is 5.91 Å². The van der Waals surface area contributed by atoms with E-state index in [0.717, 1.165) is 11.1 Å². The van der Waals surface area contributed by atoms with Gasteiger partial charge in [-0.2, -0.15) is 0 Å². The maximum Gasteiger partial charge on any atom is 0.221 e. The summed E-state index contributed by atoms with van der Waals surface area (Å²) >= 11 is 12.1. The van der Waals surface area contributed by atoms with Crippen molar-refractivity contribution in [2.45, 2.75) is 32.2 Å². The molecule has 0 fully saturated rings. The van der Waals surface area contributed by atoms with Gasteiger partial charge in [0.1, 0.15) is 0 Å². The van der Waals surface area contributed by atoms with Crippen molar-refractivity contribution < 1.29 is 4.79 Å². The molecular weight excluding hydrogens is 317 g/mol. The molecule has 2 aromatic carbocycles.